The van der Waals surface area contributed by atoms with Crippen molar-refractivity contribution in [1.82, 2.24) is 4.57 Å². The molecule has 1 aromatic carbocycles. The molecule has 2 rings (SSSR count). The molecule has 4 nitrogen and oxygen atoms in total. The SMILES string of the molecule is N#Cc1c(N)sc(=N)n1-c1ccccc1. The molecule has 0 saturated carbocycles. The maximum absolute atomic E-state index is 8.95. The maximum atomic E-state index is 8.95. The number of aromatic nitrogens is 1. The molecule has 0 bridgehead atoms. The van der Waals surface area contributed by atoms with Crippen LogP contribution in [-0.2, 0) is 0 Å². The third-order valence-electron chi connectivity index (χ3n) is 1.99. The number of nitrogen functional groups attached to an aromatic ring is 1. The van der Waals surface area contributed by atoms with Gasteiger partial charge in [0, 0.05) is 5.69 Å². The largest absolute Gasteiger partial charge is 0.388 e. The second-order valence-corrected chi connectivity index (χ2v) is 3.93. The zero-order valence-electron chi connectivity index (χ0n) is 7.77. The molecule has 0 atom stereocenters. The van der Waals surface area contributed by atoms with Crippen molar-refractivity contribution in [3.8, 4) is 11.8 Å². The van der Waals surface area contributed by atoms with Gasteiger partial charge in [-0.15, -0.1) is 0 Å². The van der Waals surface area contributed by atoms with Gasteiger partial charge in [0.2, 0.25) is 0 Å². The first-order valence-electron chi connectivity index (χ1n) is 4.25. The van der Waals surface area contributed by atoms with E-state index in [1.54, 1.807) is 4.57 Å². The summed E-state index contributed by atoms with van der Waals surface area (Å²) in [5, 5.41) is 17.1. The molecule has 5 heteroatoms. The Labute approximate surface area is 90.3 Å². The predicted molar refractivity (Wildman–Crippen MR) is 58.6 cm³/mol. The van der Waals surface area contributed by atoms with Crippen molar-refractivity contribution in [2.75, 3.05) is 5.73 Å². The van der Waals surface area contributed by atoms with Crippen LogP contribution in [0.4, 0.5) is 5.00 Å². The summed E-state index contributed by atoms with van der Waals surface area (Å²) in [4.78, 5) is 0.259. The minimum Gasteiger partial charge on any atom is -0.388 e. The molecule has 1 heterocycles. The molecule has 0 fully saturated rings. The number of nitriles is 1. The first kappa shape index (κ1) is 9.49. The molecule has 0 aliphatic carbocycles. The number of para-hydroxylation sites is 1. The monoisotopic (exact) mass is 216 g/mol. The molecule has 0 radical (unpaired) electrons. The van der Waals surface area contributed by atoms with Gasteiger partial charge in [0.15, 0.2) is 10.5 Å². The van der Waals surface area contributed by atoms with Gasteiger partial charge < -0.3 is 5.73 Å². The Balaban J connectivity index is 2.75. The van der Waals surface area contributed by atoms with E-state index >= 15 is 0 Å². The molecule has 0 unspecified atom stereocenters. The first-order valence-corrected chi connectivity index (χ1v) is 5.07. The van der Waals surface area contributed by atoms with Gasteiger partial charge >= 0.3 is 0 Å². The number of nitrogens with zero attached hydrogens (tertiary/aromatic N) is 2. The Bertz CT molecular complexity index is 574. The van der Waals surface area contributed by atoms with Gasteiger partial charge in [0.25, 0.3) is 0 Å². The normalized spacial score (nSPS) is 9.80. The number of rotatable bonds is 1. The highest BCUT2D eigenvalue weighted by Crippen LogP contribution is 2.17. The van der Waals surface area contributed by atoms with Crippen molar-refractivity contribution < 1.29 is 0 Å². The van der Waals surface area contributed by atoms with Crippen molar-refractivity contribution in [1.29, 1.82) is 10.7 Å². The van der Waals surface area contributed by atoms with E-state index in [0.29, 0.717) is 10.7 Å². The van der Waals surface area contributed by atoms with Gasteiger partial charge in [-0.25, -0.2) is 0 Å². The quantitative estimate of drug-likeness (QED) is 0.757. The molecular weight excluding hydrogens is 208 g/mol. The number of hydrogen-bond donors (Lipinski definition) is 2. The number of thiazole rings is 1. The summed E-state index contributed by atoms with van der Waals surface area (Å²) >= 11 is 1.10. The van der Waals surface area contributed by atoms with E-state index in [1.807, 2.05) is 36.4 Å². The average molecular weight is 216 g/mol. The second-order valence-electron chi connectivity index (χ2n) is 2.90. The van der Waals surface area contributed by atoms with Crippen LogP contribution in [0, 0.1) is 16.7 Å². The van der Waals surface area contributed by atoms with Crippen molar-refractivity contribution in [3.63, 3.8) is 0 Å². The van der Waals surface area contributed by atoms with Crippen LogP contribution in [0.25, 0.3) is 5.69 Å². The second kappa shape index (κ2) is 3.59. The van der Waals surface area contributed by atoms with Crippen LogP contribution in [-0.4, -0.2) is 4.57 Å². The zero-order chi connectivity index (χ0) is 10.8. The smallest absolute Gasteiger partial charge is 0.189 e. The van der Waals surface area contributed by atoms with E-state index in [9.17, 15) is 0 Å². The molecule has 0 aliphatic heterocycles. The number of nitrogens with two attached hydrogens (primary N) is 1. The lowest BCUT2D eigenvalue weighted by Gasteiger charge is -2.02. The molecule has 2 aromatic rings. The molecule has 15 heavy (non-hydrogen) atoms. The minimum absolute atomic E-state index is 0.259. The van der Waals surface area contributed by atoms with Crippen molar-refractivity contribution in [2.45, 2.75) is 0 Å². The van der Waals surface area contributed by atoms with Gasteiger partial charge in [-0.2, -0.15) is 5.26 Å². The lowest BCUT2D eigenvalue weighted by atomic mass is 10.3. The van der Waals surface area contributed by atoms with Crippen molar-refractivity contribution in [3.05, 3.63) is 40.8 Å². The lowest BCUT2D eigenvalue weighted by Crippen LogP contribution is -2.12. The Hall–Kier alpha value is -2.06. The summed E-state index contributed by atoms with van der Waals surface area (Å²) in [7, 11) is 0. The molecule has 1 aromatic heterocycles. The highest BCUT2D eigenvalue weighted by molar-refractivity contribution is 7.13. The summed E-state index contributed by atoms with van der Waals surface area (Å²) in [6.45, 7) is 0. The van der Waals surface area contributed by atoms with Crippen molar-refractivity contribution in [2.24, 2.45) is 0 Å². The fourth-order valence-electron chi connectivity index (χ4n) is 1.34. The number of nitrogens with one attached hydrogen (secondary N) is 1. The third-order valence-corrected chi connectivity index (χ3v) is 2.78. The molecule has 0 saturated heterocycles. The van der Waals surface area contributed by atoms with Gasteiger partial charge in [-0.1, -0.05) is 29.5 Å². The summed E-state index contributed by atoms with van der Waals surface area (Å²) in [5.74, 6) is 0. The highest BCUT2D eigenvalue weighted by Gasteiger charge is 2.10. The maximum Gasteiger partial charge on any atom is 0.189 e. The summed E-state index contributed by atoms with van der Waals surface area (Å²) < 4.78 is 1.54. The fourth-order valence-corrected chi connectivity index (χ4v) is 2.07. The van der Waals surface area contributed by atoms with E-state index in [-0.39, 0.29) is 4.80 Å². The van der Waals surface area contributed by atoms with Crippen LogP contribution in [0.2, 0.25) is 0 Å². The number of benzene rings is 1. The third kappa shape index (κ3) is 1.51. The molecule has 0 aliphatic rings. The summed E-state index contributed by atoms with van der Waals surface area (Å²) in [6.07, 6.45) is 0. The average Bonchev–Trinajstić information content (AvgIpc) is 2.54. The molecule has 0 spiro atoms. The fraction of sp³-hybridized carbons (Fsp3) is 0. The van der Waals surface area contributed by atoms with Crippen LogP contribution in [0.3, 0.4) is 0 Å². The molecule has 3 N–H and O–H groups in total. The van der Waals surface area contributed by atoms with E-state index in [0.717, 1.165) is 17.0 Å². The Morgan fingerprint density at radius 3 is 2.60 bits per heavy atom. The minimum atomic E-state index is 0.259. The van der Waals surface area contributed by atoms with Crippen LogP contribution in [0.15, 0.2) is 30.3 Å². The van der Waals surface area contributed by atoms with E-state index in [2.05, 4.69) is 0 Å². The van der Waals surface area contributed by atoms with Crippen LogP contribution < -0.4 is 10.5 Å². The highest BCUT2D eigenvalue weighted by atomic mass is 32.1. The number of hydrogen-bond acceptors (Lipinski definition) is 4. The lowest BCUT2D eigenvalue weighted by molar-refractivity contribution is 0.961. The van der Waals surface area contributed by atoms with Crippen LogP contribution in [0.5, 0.6) is 0 Å². The molecule has 74 valence electrons. The van der Waals surface area contributed by atoms with Gasteiger partial charge in [-0.05, 0) is 12.1 Å². The molecular formula is C10H8N4S. The van der Waals surface area contributed by atoms with E-state index < -0.39 is 0 Å². The molecule has 0 amide bonds. The standard InChI is InChI=1S/C10H8N4S/c11-6-8-9(12)15-10(13)14(8)7-4-2-1-3-5-7/h1-5,13H,12H2. The van der Waals surface area contributed by atoms with Gasteiger partial charge in [0.1, 0.15) is 11.1 Å². The zero-order valence-corrected chi connectivity index (χ0v) is 8.58. The Morgan fingerprint density at radius 2 is 2.00 bits per heavy atom. The van der Waals surface area contributed by atoms with Gasteiger partial charge in [-0.3, -0.25) is 9.98 Å². The summed E-state index contributed by atoms with van der Waals surface area (Å²) in [5.41, 5.74) is 6.76. The van der Waals surface area contributed by atoms with Crippen LogP contribution in [0.1, 0.15) is 5.69 Å². The first-order chi connectivity index (χ1) is 7.24. The van der Waals surface area contributed by atoms with E-state index in [1.165, 1.54) is 0 Å². The Kier molecular flexibility index (Phi) is 2.27. The topological polar surface area (TPSA) is 78.6 Å². The number of anilines is 1. The van der Waals surface area contributed by atoms with E-state index in [4.69, 9.17) is 16.4 Å². The predicted octanol–water partition coefficient (Wildman–Crippen LogP) is 1.47. The van der Waals surface area contributed by atoms with Crippen molar-refractivity contribution >= 4 is 16.3 Å². The Morgan fingerprint density at radius 1 is 1.33 bits per heavy atom. The summed E-state index contributed by atoms with van der Waals surface area (Å²) in [6, 6.07) is 11.3. The van der Waals surface area contributed by atoms with Crippen LogP contribution >= 0.6 is 11.3 Å². The van der Waals surface area contributed by atoms with Gasteiger partial charge in [0.05, 0.1) is 0 Å².